The molecule has 5 nitrogen and oxygen atoms in total. The fraction of sp³-hybridized carbons (Fsp3) is 0.708. The second kappa shape index (κ2) is 7.23. The molecule has 0 spiro atoms. The highest BCUT2D eigenvalue weighted by molar-refractivity contribution is 7.96. The van der Waals surface area contributed by atoms with E-state index in [1.807, 2.05) is 0 Å². The lowest BCUT2D eigenvalue weighted by Gasteiger charge is -2.63. The fourth-order valence-electron chi connectivity index (χ4n) is 7.49. The van der Waals surface area contributed by atoms with Gasteiger partial charge in [-0.3, -0.25) is 14.4 Å². The molecule has 0 bridgehead atoms. The highest BCUT2D eigenvalue weighted by Gasteiger charge is 2.77. The SMILES string of the molecule is CCC(=O)O[C@]1(C(=O)S)C(C)C[C@H]2[C@@H]3C[C@H](F)C4=CC(=O)C=C[C@]4(C)[C@@]3(F)[C@@H](O)C[C@@]21C. The molecule has 0 heterocycles. The second-order valence-corrected chi connectivity index (χ2v) is 10.8. The summed E-state index contributed by atoms with van der Waals surface area (Å²) in [5.41, 5.74) is -6.46. The first-order chi connectivity index (χ1) is 14.8. The minimum atomic E-state index is -2.24. The summed E-state index contributed by atoms with van der Waals surface area (Å²) in [4.78, 5) is 37.2. The predicted molar refractivity (Wildman–Crippen MR) is 116 cm³/mol. The number of hydrogen-bond donors (Lipinski definition) is 2. The van der Waals surface area contributed by atoms with Crippen LogP contribution in [0, 0.1) is 28.6 Å². The number of allylic oxidation sites excluding steroid dienone is 4. The van der Waals surface area contributed by atoms with Crippen LogP contribution in [-0.2, 0) is 19.1 Å². The molecule has 176 valence electrons. The van der Waals surface area contributed by atoms with Gasteiger partial charge in [0.1, 0.15) is 6.17 Å². The van der Waals surface area contributed by atoms with Gasteiger partial charge in [-0.1, -0.05) is 26.8 Å². The molecule has 0 aromatic rings. The third-order valence-corrected chi connectivity index (χ3v) is 9.38. The molecule has 9 atom stereocenters. The Balaban J connectivity index is 1.87. The van der Waals surface area contributed by atoms with Gasteiger partial charge in [0, 0.05) is 29.1 Å². The lowest BCUT2D eigenvalue weighted by atomic mass is 9.44. The molecule has 32 heavy (non-hydrogen) atoms. The normalized spacial score (nSPS) is 49.6. The summed E-state index contributed by atoms with van der Waals surface area (Å²) in [5.74, 6) is -2.94. The van der Waals surface area contributed by atoms with Crippen molar-refractivity contribution in [1.82, 2.24) is 0 Å². The van der Waals surface area contributed by atoms with E-state index in [0.717, 1.165) is 6.08 Å². The minimum absolute atomic E-state index is 0.0476. The van der Waals surface area contributed by atoms with Crippen molar-refractivity contribution in [3.63, 3.8) is 0 Å². The number of aliphatic hydroxyl groups excluding tert-OH is 1. The monoisotopic (exact) mass is 468 g/mol. The Morgan fingerprint density at radius 2 is 1.94 bits per heavy atom. The van der Waals surface area contributed by atoms with E-state index in [1.165, 1.54) is 19.1 Å². The maximum Gasteiger partial charge on any atom is 0.306 e. The highest BCUT2D eigenvalue weighted by Crippen LogP contribution is 2.71. The number of carbonyl (C=O) groups is 3. The third-order valence-electron chi connectivity index (χ3n) is 9.05. The largest absolute Gasteiger partial charge is 0.449 e. The standard InChI is InChI=1S/C24H30F2O5S/c1-5-19(29)31-24(20(30)32)12(2)8-14-15-10-17(25)16-9-13(27)6-7-21(16,3)23(15,26)18(28)11-22(14,24)4/h6-7,9,12,14-15,17-18,28H,5,8,10-11H2,1-4H3,(H,30,32)/t12?,14-,15-,17-,18-,21-,22-,23-,24-/m0/s1. The lowest BCUT2D eigenvalue weighted by Crippen LogP contribution is -2.70. The molecule has 1 N–H and O–H groups in total. The summed E-state index contributed by atoms with van der Waals surface area (Å²) >= 11 is 4.09. The van der Waals surface area contributed by atoms with E-state index < -0.39 is 69.0 Å². The molecule has 1 unspecified atom stereocenters. The number of ether oxygens (including phenoxy) is 1. The molecule has 3 saturated carbocycles. The van der Waals surface area contributed by atoms with Crippen LogP contribution >= 0.6 is 12.6 Å². The van der Waals surface area contributed by atoms with Crippen LogP contribution in [0.4, 0.5) is 8.78 Å². The smallest absolute Gasteiger partial charge is 0.306 e. The van der Waals surface area contributed by atoms with Crippen LogP contribution in [0.1, 0.15) is 53.4 Å². The van der Waals surface area contributed by atoms with Gasteiger partial charge in [0.2, 0.25) is 5.12 Å². The van der Waals surface area contributed by atoms with Crippen molar-refractivity contribution >= 4 is 29.5 Å². The predicted octanol–water partition coefficient (Wildman–Crippen LogP) is 3.70. The van der Waals surface area contributed by atoms with Gasteiger partial charge in [0.05, 0.1) is 6.10 Å². The number of thiol groups is 1. The Morgan fingerprint density at radius 3 is 2.53 bits per heavy atom. The van der Waals surface area contributed by atoms with Crippen LogP contribution in [-0.4, -0.2) is 45.5 Å². The van der Waals surface area contributed by atoms with Crippen LogP contribution < -0.4 is 0 Å². The zero-order chi connectivity index (χ0) is 23.9. The van der Waals surface area contributed by atoms with E-state index in [0.29, 0.717) is 6.42 Å². The van der Waals surface area contributed by atoms with Crippen molar-refractivity contribution in [3.8, 4) is 0 Å². The molecule has 4 aliphatic carbocycles. The maximum atomic E-state index is 17.1. The van der Waals surface area contributed by atoms with Gasteiger partial charge in [-0.05, 0) is 49.8 Å². The van der Waals surface area contributed by atoms with Crippen LogP contribution in [0.25, 0.3) is 0 Å². The molecular weight excluding hydrogens is 438 g/mol. The average Bonchev–Trinajstić information content (AvgIpc) is 2.93. The highest BCUT2D eigenvalue weighted by atomic mass is 32.1. The van der Waals surface area contributed by atoms with E-state index in [2.05, 4.69) is 12.6 Å². The lowest BCUT2D eigenvalue weighted by molar-refractivity contribution is -0.228. The van der Waals surface area contributed by atoms with Crippen molar-refractivity contribution in [2.45, 2.75) is 76.9 Å². The van der Waals surface area contributed by atoms with Gasteiger partial charge < -0.3 is 9.84 Å². The minimum Gasteiger partial charge on any atom is -0.449 e. The third kappa shape index (κ3) is 2.62. The van der Waals surface area contributed by atoms with Crippen LogP contribution in [0.3, 0.4) is 0 Å². The van der Waals surface area contributed by atoms with Crippen molar-refractivity contribution in [2.24, 2.45) is 28.6 Å². The number of fused-ring (bicyclic) bond motifs is 5. The number of hydrogen-bond acceptors (Lipinski definition) is 5. The molecule has 3 fully saturated rings. The number of rotatable bonds is 3. The Hall–Kier alpha value is -1.54. The van der Waals surface area contributed by atoms with Crippen molar-refractivity contribution < 1.29 is 33.0 Å². The number of esters is 1. The Morgan fingerprint density at radius 1 is 1.28 bits per heavy atom. The molecule has 4 rings (SSSR count). The van der Waals surface area contributed by atoms with E-state index in [-0.39, 0.29) is 24.8 Å². The first-order valence-corrected chi connectivity index (χ1v) is 11.7. The molecule has 4 aliphatic rings. The van der Waals surface area contributed by atoms with E-state index in [1.54, 1.807) is 20.8 Å². The topological polar surface area (TPSA) is 80.7 Å². The summed E-state index contributed by atoms with van der Waals surface area (Å²) in [6.45, 7) is 6.62. The van der Waals surface area contributed by atoms with Crippen LogP contribution in [0.2, 0.25) is 0 Å². The number of alkyl halides is 2. The van der Waals surface area contributed by atoms with Gasteiger partial charge in [0.15, 0.2) is 17.1 Å². The Bertz CT molecular complexity index is 949. The molecular formula is C24H30F2O5S. The number of carbonyl (C=O) groups excluding carboxylic acids is 3. The van der Waals surface area contributed by atoms with Crippen molar-refractivity contribution in [2.75, 3.05) is 0 Å². The van der Waals surface area contributed by atoms with E-state index >= 15 is 8.78 Å². The average molecular weight is 469 g/mol. The summed E-state index contributed by atoms with van der Waals surface area (Å²) in [5, 5.41) is 10.7. The second-order valence-electron chi connectivity index (χ2n) is 10.4. The zero-order valence-corrected chi connectivity index (χ0v) is 19.6. The van der Waals surface area contributed by atoms with E-state index in [9.17, 15) is 19.5 Å². The fourth-order valence-corrected chi connectivity index (χ4v) is 8.01. The van der Waals surface area contributed by atoms with Gasteiger partial charge in [-0.2, -0.15) is 0 Å². The first kappa shape index (κ1) is 23.6. The number of aliphatic hydroxyl groups is 1. The Kier molecular flexibility index (Phi) is 5.33. The molecule has 0 saturated heterocycles. The summed E-state index contributed by atoms with van der Waals surface area (Å²) in [6.07, 6.45) is 0.619. The van der Waals surface area contributed by atoms with Gasteiger partial charge in [0.25, 0.3) is 0 Å². The van der Waals surface area contributed by atoms with Gasteiger partial charge in [-0.25, -0.2) is 8.78 Å². The summed E-state index contributed by atoms with van der Waals surface area (Å²) in [7, 11) is 0. The molecule has 0 radical (unpaired) electrons. The summed E-state index contributed by atoms with van der Waals surface area (Å²) in [6, 6.07) is 0. The van der Waals surface area contributed by atoms with Crippen molar-refractivity contribution in [3.05, 3.63) is 23.8 Å². The van der Waals surface area contributed by atoms with Gasteiger partial charge in [-0.15, -0.1) is 12.6 Å². The first-order valence-electron chi connectivity index (χ1n) is 11.2. The summed E-state index contributed by atoms with van der Waals surface area (Å²) < 4.78 is 38.3. The maximum absolute atomic E-state index is 17.1. The van der Waals surface area contributed by atoms with Crippen LogP contribution in [0.5, 0.6) is 0 Å². The van der Waals surface area contributed by atoms with Crippen LogP contribution in [0.15, 0.2) is 23.8 Å². The molecule has 0 aromatic heterocycles. The molecule has 0 aromatic carbocycles. The molecule has 0 amide bonds. The molecule has 8 heteroatoms. The number of halogens is 2. The zero-order valence-electron chi connectivity index (χ0n) is 18.7. The van der Waals surface area contributed by atoms with E-state index in [4.69, 9.17) is 4.74 Å². The molecule has 0 aliphatic heterocycles. The van der Waals surface area contributed by atoms with Crippen molar-refractivity contribution in [1.29, 1.82) is 0 Å². The quantitative estimate of drug-likeness (QED) is 0.488. The van der Waals surface area contributed by atoms with Gasteiger partial charge >= 0.3 is 5.97 Å². The number of ketones is 1. The Labute approximate surface area is 192 Å².